The van der Waals surface area contributed by atoms with Crippen molar-refractivity contribution in [1.29, 1.82) is 0 Å². The lowest BCUT2D eigenvalue weighted by Crippen LogP contribution is -2.51. The van der Waals surface area contributed by atoms with Crippen LogP contribution in [0.25, 0.3) is 21.8 Å². The molecule has 4 heterocycles. The third-order valence-electron chi connectivity index (χ3n) is 4.69. The van der Waals surface area contributed by atoms with E-state index in [9.17, 15) is 4.79 Å². The molecule has 0 bridgehead atoms. The van der Waals surface area contributed by atoms with Crippen LogP contribution in [0.15, 0.2) is 60.1 Å². The van der Waals surface area contributed by atoms with Gasteiger partial charge in [-0.2, -0.15) is 5.10 Å². The maximum atomic E-state index is 12.6. The molecule has 4 aromatic rings. The van der Waals surface area contributed by atoms with Crippen molar-refractivity contribution < 1.29 is 4.79 Å². The first-order valence-electron chi connectivity index (χ1n) is 8.64. The minimum Gasteiger partial charge on any atom is -0.333 e. The van der Waals surface area contributed by atoms with Gasteiger partial charge in [-0.1, -0.05) is 41.6 Å². The van der Waals surface area contributed by atoms with Crippen LogP contribution >= 0.6 is 11.3 Å². The van der Waals surface area contributed by atoms with E-state index in [1.54, 1.807) is 16.2 Å². The molecule has 1 aliphatic rings. The number of hydrogen-bond donors (Lipinski definition) is 1. The average molecular weight is 376 g/mol. The molecule has 0 unspecified atom stereocenters. The van der Waals surface area contributed by atoms with E-state index >= 15 is 0 Å². The molecule has 27 heavy (non-hydrogen) atoms. The van der Waals surface area contributed by atoms with Gasteiger partial charge >= 0.3 is 0 Å². The van der Waals surface area contributed by atoms with Crippen LogP contribution < -0.4 is 0 Å². The molecular weight excluding hydrogens is 360 g/mol. The van der Waals surface area contributed by atoms with Gasteiger partial charge in [-0.15, -0.1) is 16.4 Å². The number of nitrogens with one attached hydrogen (secondary N) is 1. The molecule has 7 nitrogen and oxygen atoms in total. The standard InChI is InChI=1S/C19H16N6OS/c26-19(16-9-15(20-21-16)18-7-4-8-27-18)24-10-14(11-24)25-12-17(22-23-25)13-5-2-1-3-6-13/h1-9,12,14H,10-11H2,(H,20,21). The fourth-order valence-corrected chi connectivity index (χ4v) is 3.83. The summed E-state index contributed by atoms with van der Waals surface area (Å²) in [6.07, 6.45) is 1.94. The Morgan fingerprint density at radius 1 is 1.15 bits per heavy atom. The van der Waals surface area contributed by atoms with Crippen LogP contribution in [0.3, 0.4) is 0 Å². The van der Waals surface area contributed by atoms with E-state index in [1.807, 2.05) is 64.8 Å². The first-order valence-corrected chi connectivity index (χ1v) is 9.52. The Morgan fingerprint density at radius 2 is 2.00 bits per heavy atom. The van der Waals surface area contributed by atoms with Gasteiger partial charge in [0.25, 0.3) is 5.91 Å². The molecule has 3 aromatic heterocycles. The van der Waals surface area contributed by atoms with Crippen molar-refractivity contribution in [3.63, 3.8) is 0 Å². The van der Waals surface area contributed by atoms with Crippen molar-refractivity contribution in [2.75, 3.05) is 13.1 Å². The van der Waals surface area contributed by atoms with Crippen molar-refractivity contribution in [3.8, 4) is 21.8 Å². The predicted molar refractivity (Wildman–Crippen MR) is 102 cm³/mol. The van der Waals surface area contributed by atoms with Crippen LogP contribution in [0.2, 0.25) is 0 Å². The predicted octanol–water partition coefficient (Wildman–Crippen LogP) is 3.09. The Hall–Kier alpha value is -3.26. The fourth-order valence-electron chi connectivity index (χ4n) is 3.14. The molecule has 0 aliphatic carbocycles. The summed E-state index contributed by atoms with van der Waals surface area (Å²) in [5.41, 5.74) is 3.19. The van der Waals surface area contributed by atoms with Gasteiger partial charge in [-0.25, -0.2) is 4.68 Å². The van der Waals surface area contributed by atoms with Crippen LogP contribution in [0, 0.1) is 0 Å². The van der Waals surface area contributed by atoms with Gasteiger partial charge in [0.15, 0.2) is 5.69 Å². The highest BCUT2D eigenvalue weighted by Gasteiger charge is 2.34. The Morgan fingerprint density at radius 3 is 2.78 bits per heavy atom. The van der Waals surface area contributed by atoms with Crippen LogP contribution in [0.5, 0.6) is 0 Å². The molecule has 0 spiro atoms. The number of thiophene rings is 1. The summed E-state index contributed by atoms with van der Waals surface area (Å²) in [5, 5.41) is 17.6. The quantitative estimate of drug-likeness (QED) is 0.594. The number of aromatic amines is 1. The number of hydrogen-bond acceptors (Lipinski definition) is 5. The number of carbonyl (C=O) groups is 1. The van der Waals surface area contributed by atoms with Gasteiger partial charge in [0.05, 0.1) is 22.8 Å². The van der Waals surface area contributed by atoms with Crippen molar-refractivity contribution in [1.82, 2.24) is 30.1 Å². The zero-order chi connectivity index (χ0) is 18.2. The molecule has 1 aromatic carbocycles. The summed E-state index contributed by atoms with van der Waals surface area (Å²) in [7, 11) is 0. The molecule has 5 rings (SSSR count). The van der Waals surface area contributed by atoms with E-state index in [2.05, 4.69) is 20.5 Å². The van der Waals surface area contributed by atoms with Crippen molar-refractivity contribution in [3.05, 3.63) is 65.8 Å². The lowest BCUT2D eigenvalue weighted by atomic mass is 10.1. The van der Waals surface area contributed by atoms with E-state index in [0.29, 0.717) is 18.8 Å². The second-order valence-corrected chi connectivity index (χ2v) is 7.41. The maximum Gasteiger partial charge on any atom is 0.274 e. The maximum absolute atomic E-state index is 12.6. The molecule has 1 fully saturated rings. The zero-order valence-electron chi connectivity index (χ0n) is 14.3. The average Bonchev–Trinajstić information content (AvgIpc) is 3.41. The number of rotatable bonds is 4. The number of nitrogens with zero attached hydrogens (tertiary/aromatic N) is 5. The highest BCUT2D eigenvalue weighted by Crippen LogP contribution is 2.27. The topological polar surface area (TPSA) is 79.7 Å². The molecule has 0 radical (unpaired) electrons. The Bertz CT molecular complexity index is 1060. The smallest absolute Gasteiger partial charge is 0.274 e. The first-order chi connectivity index (χ1) is 13.3. The molecular formula is C19H16N6OS. The zero-order valence-corrected chi connectivity index (χ0v) is 15.1. The number of benzene rings is 1. The second-order valence-electron chi connectivity index (χ2n) is 6.46. The van der Waals surface area contributed by atoms with Gasteiger partial charge in [0, 0.05) is 18.7 Å². The van der Waals surface area contributed by atoms with E-state index in [-0.39, 0.29) is 11.9 Å². The normalized spacial score (nSPS) is 14.3. The van der Waals surface area contributed by atoms with Crippen LogP contribution in [-0.2, 0) is 0 Å². The molecule has 8 heteroatoms. The SMILES string of the molecule is O=C(c1cc(-c2cccs2)[nH]n1)N1CC(n2cc(-c3ccccc3)nn2)C1. The van der Waals surface area contributed by atoms with E-state index in [1.165, 1.54) is 0 Å². The Labute approximate surface area is 159 Å². The van der Waals surface area contributed by atoms with Crippen molar-refractivity contribution >= 4 is 17.2 Å². The monoisotopic (exact) mass is 376 g/mol. The van der Waals surface area contributed by atoms with E-state index in [0.717, 1.165) is 21.8 Å². The number of amides is 1. The highest BCUT2D eigenvalue weighted by atomic mass is 32.1. The van der Waals surface area contributed by atoms with Crippen LogP contribution in [0.4, 0.5) is 0 Å². The van der Waals surface area contributed by atoms with Crippen molar-refractivity contribution in [2.45, 2.75) is 6.04 Å². The summed E-state index contributed by atoms with van der Waals surface area (Å²) < 4.78 is 1.84. The summed E-state index contributed by atoms with van der Waals surface area (Å²) in [6, 6.07) is 15.9. The molecule has 0 atom stereocenters. The lowest BCUT2D eigenvalue weighted by Gasteiger charge is -2.38. The van der Waals surface area contributed by atoms with E-state index < -0.39 is 0 Å². The molecule has 0 saturated carbocycles. The number of likely N-dealkylation sites (tertiary alicyclic amines) is 1. The summed E-state index contributed by atoms with van der Waals surface area (Å²) >= 11 is 1.61. The minimum atomic E-state index is -0.0614. The summed E-state index contributed by atoms with van der Waals surface area (Å²) in [6.45, 7) is 1.22. The van der Waals surface area contributed by atoms with Gasteiger partial charge in [-0.3, -0.25) is 9.89 Å². The third-order valence-corrected chi connectivity index (χ3v) is 5.59. The first kappa shape index (κ1) is 16.0. The summed E-state index contributed by atoms with van der Waals surface area (Å²) in [4.78, 5) is 15.5. The van der Waals surface area contributed by atoms with Crippen molar-refractivity contribution in [2.24, 2.45) is 0 Å². The minimum absolute atomic E-state index is 0.0614. The fraction of sp³-hybridized carbons (Fsp3) is 0.158. The number of aromatic nitrogens is 5. The van der Waals surface area contributed by atoms with Gasteiger partial charge in [-0.05, 0) is 17.5 Å². The van der Waals surface area contributed by atoms with E-state index in [4.69, 9.17) is 0 Å². The largest absolute Gasteiger partial charge is 0.333 e. The van der Waals surface area contributed by atoms with Gasteiger partial charge in [0.1, 0.15) is 5.69 Å². The second kappa shape index (κ2) is 6.48. The molecule has 1 saturated heterocycles. The Kier molecular flexibility index (Phi) is 3.83. The number of H-pyrrole nitrogens is 1. The lowest BCUT2D eigenvalue weighted by molar-refractivity contribution is 0.0492. The Balaban J connectivity index is 1.24. The van der Waals surface area contributed by atoms with Crippen LogP contribution in [0.1, 0.15) is 16.5 Å². The van der Waals surface area contributed by atoms with Gasteiger partial charge in [0.2, 0.25) is 0 Å². The van der Waals surface area contributed by atoms with Gasteiger partial charge < -0.3 is 4.90 Å². The molecule has 1 amide bonds. The highest BCUT2D eigenvalue weighted by molar-refractivity contribution is 7.13. The summed E-state index contributed by atoms with van der Waals surface area (Å²) in [5.74, 6) is -0.0614. The number of carbonyl (C=O) groups excluding carboxylic acids is 1. The third kappa shape index (κ3) is 2.93. The molecule has 1 aliphatic heterocycles. The molecule has 134 valence electrons. The molecule has 1 N–H and O–H groups in total. The van der Waals surface area contributed by atoms with Crippen LogP contribution in [-0.4, -0.2) is 49.1 Å².